The van der Waals surface area contributed by atoms with Crippen LogP contribution >= 0.6 is 0 Å². The van der Waals surface area contributed by atoms with Crippen molar-refractivity contribution in [1.29, 1.82) is 0 Å². The second kappa shape index (κ2) is 10.3. The van der Waals surface area contributed by atoms with E-state index in [2.05, 4.69) is 29.6 Å². The van der Waals surface area contributed by atoms with Gasteiger partial charge in [-0.05, 0) is 53.8 Å². The topological polar surface area (TPSA) is 38.3 Å². The highest BCUT2D eigenvalue weighted by Gasteiger charge is 2.10. The Balaban J connectivity index is 1.36. The van der Waals surface area contributed by atoms with Crippen molar-refractivity contribution in [2.24, 2.45) is 0 Å². The van der Waals surface area contributed by atoms with Crippen LogP contribution in [0.15, 0.2) is 109 Å². The van der Waals surface area contributed by atoms with Gasteiger partial charge in [0.05, 0.1) is 12.3 Å². The van der Waals surface area contributed by atoms with Gasteiger partial charge in [0, 0.05) is 5.56 Å². The lowest BCUT2D eigenvalue weighted by molar-refractivity contribution is 0.102. The lowest BCUT2D eigenvalue weighted by Crippen LogP contribution is -2.13. The summed E-state index contributed by atoms with van der Waals surface area (Å²) < 4.78 is 5.96. The number of aryl methyl sites for hydroxylation is 1. The van der Waals surface area contributed by atoms with Crippen LogP contribution in [0.3, 0.4) is 0 Å². The number of para-hydroxylation sites is 2. The molecule has 0 unspecified atom stereocenters. The van der Waals surface area contributed by atoms with E-state index in [4.69, 9.17) is 4.74 Å². The van der Waals surface area contributed by atoms with Crippen molar-refractivity contribution in [3.05, 3.63) is 120 Å². The van der Waals surface area contributed by atoms with Crippen LogP contribution in [0.1, 0.15) is 22.3 Å². The normalized spacial score (nSPS) is 10.5. The number of hydrogen-bond acceptors (Lipinski definition) is 2. The number of amides is 1. The summed E-state index contributed by atoms with van der Waals surface area (Å²) in [5.74, 6) is 0.532. The zero-order valence-electron chi connectivity index (χ0n) is 17.3. The van der Waals surface area contributed by atoms with E-state index < -0.39 is 0 Å². The molecule has 0 atom stereocenters. The third-order valence-electron chi connectivity index (χ3n) is 5.10. The Hall–Kier alpha value is -3.85. The van der Waals surface area contributed by atoms with E-state index in [0.717, 1.165) is 24.0 Å². The van der Waals surface area contributed by atoms with Gasteiger partial charge in [-0.3, -0.25) is 4.79 Å². The van der Waals surface area contributed by atoms with Crippen molar-refractivity contribution >= 4 is 11.6 Å². The number of anilines is 1. The van der Waals surface area contributed by atoms with Gasteiger partial charge in [0.2, 0.25) is 0 Å². The van der Waals surface area contributed by atoms with Crippen LogP contribution in [0.5, 0.6) is 5.75 Å². The molecule has 0 spiro atoms. The minimum Gasteiger partial charge on any atom is -0.491 e. The standard InChI is InChI=1S/C28H25NO2/c30-28(25-19-17-24(18-20-25)23-13-5-2-6-14-23)29-26-15-7-8-16-27(26)31-21-9-12-22-10-3-1-4-11-22/h1-8,10-11,13-20H,9,12,21H2,(H,29,30). The van der Waals surface area contributed by atoms with Crippen LogP contribution in [0.2, 0.25) is 0 Å². The molecule has 0 bridgehead atoms. The molecule has 0 saturated carbocycles. The number of benzene rings is 4. The minimum atomic E-state index is -0.153. The SMILES string of the molecule is O=C(Nc1ccccc1OCCCc1ccccc1)c1ccc(-c2ccccc2)cc1. The summed E-state index contributed by atoms with van der Waals surface area (Å²) in [6.07, 6.45) is 1.87. The Morgan fingerprint density at radius 2 is 1.29 bits per heavy atom. The summed E-state index contributed by atoms with van der Waals surface area (Å²) in [5.41, 5.74) is 4.80. The van der Waals surface area contributed by atoms with Gasteiger partial charge < -0.3 is 10.1 Å². The van der Waals surface area contributed by atoms with Crippen molar-refractivity contribution in [2.75, 3.05) is 11.9 Å². The molecule has 3 heteroatoms. The van der Waals surface area contributed by atoms with E-state index in [1.165, 1.54) is 5.56 Å². The van der Waals surface area contributed by atoms with Crippen LogP contribution in [-0.4, -0.2) is 12.5 Å². The quantitative estimate of drug-likeness (QED) is 0.333. The van der Waals surface area contributed by atoms with E-state index >= 15 is 0 Å². The van der Waals surface area contributed by atoms with Crippen LogP contribution < -0.4 is 10.1 Å². The second-order valence-corrected chi connectivity index (χ2v) is 7.33. The highest BCUT2D eigenvalue weighted by atomic mass is 16.5. The van der Waals surface area contributed by atoms with Gasteiger partial charge in [0.25, 0.3) is 5.91 Å². The Morgan fingerprint density at radius 1 is 0.677 bits per heavy atom. The fourth-order valence-corrected chi connectivity index (χ4v) is 3.44. The van der Waals surface area contributed by atoms with E-state index in [-0.39, 0.29) is 5.91 Å². The van der Waals surface area contributed by atoms with Crippen LogP contribution in [0.4, 0.5) is 5.69 Å². The Labute approximate surface area is 183 Å². The van der Waals surface area contributed by atoms with Gasteiger partial charge in [-0.1, -0.05) is 84.9 Å². The molecule has 4 aromatic carbocycles. The van der Waals surface area contributed by atoms with Gasteiger partial charge in [-0.25, -0.2) is 0 Å². The smallest absolute Gasteiger partial charge is 0.255 e. The number of carbonyl (C=O) groups excluding carboxylic acids is 1. The largest absolute Gasteiger partial charge is 0.491 e. The van der Waals surface area contributed by atoms with Crippen molar-refractivity contribution in [3.8, 4) is 16.9 Å². The number of ether oxygens (including phenoxy) is 1. The predicted molar refractivity (Wildman–Crippen MR) is 127 cm³/mol. The number of hydrogen-bond donors (Lipinski definition) is 1. The molecule has 0 aliphatic rings. The summed E-state index contributed by atoms with van der Waals surface area (Å²) in [5, 5.41) is 2.98. The van der Waals surface area contributed by atoms with Crippen molar-refractivity contribution in [1.82, 2.24) is 0 Å². The molecule has 0 heterocycles. The molecular weight excluding hydrogens is 382 g/mol. The Morgan fingerprint density at radius 3 is 2.03 bits per heavy atom. The van der Waals surface area contributed by atoms with E-state index in [0.29, 0.717) is 23.6 Å². The predicted octanol–water partition coefficient (Wildman–Crippen LogP) is 6.62. The van der Waals surface area contributed by atoms with Gasteiger partial charge in [-0.2, -0.15) is 0 Å². The maximum absolute atomic E-state index is 12.8. The summed E-state index contributed by atoms with van der Waals surface area (Å²) in [4.78, 5) is 12.8. The van der Waals surface area contributed by atoms with Crippen LogP contribution in [-0.2, 0) is 6.42 Å². The molecule has 1 N–H and O–H groups in total. The minimum absolute atomic E-state index is 0.153. The summed E-state index contributed by atoms with van der Waals surface area (Å²) in [7, 11) is 0. The molecule has 4 rings (SSSR count). The number of rotatable bonds is 8. The first kappa shape index (κ1) is 20.4. The van der Waals surface area contributed by atoms with E-state index in [1.54, 1.807) is 0 Å². The highest BCUT2D eigenvalue weighted by Crippen LogP contribution is 2.25. The summed E-state index contributed by atoms with van der Waals surface area (Å²) >= 11 is 0. The monoisotopic (exact) mass is 407 g/mol. The molecule has 3 nitrogen and oxygen atoms in total. The Kier molecular flexibility index (Phi) is 6.76. The average Bonchev–Trinajstić information content (AvgIpc) is 2.84. The molecule has 0 fully saturated rings. The zero-order chi connectivity index (χ0) is 21.3. The maximum Gasteiger partial charge on any atom is 0.255 e. The Bertz CT molecular complexity index is 1110. The molecule has 0 aromatic heterocycles. The maximum atomic E-state index is 12.8. The van der Waals surface area contributed by atoms with Crippen LogP contribution in [0, 0.1) is 0 Å². The molecule has 0 aliphatic carbocycles. The molecular formula is C28H25NO2. The van der Waals surface area contributed by atoms with Gasteiger partial charge >= 0.3 is 0 Å². The molecule has 154 valence electrons. The molecule has 0 radical (unpaired) electrons. The first-order valence-electron chi connectivity index (χ1n) is 10.5. The first-order chi connectivity index (χ1) is 15.3. The molecule has 4 aromatic rings. The third-order valence-corrected chi connectivity index (χ3v) is 5.10. The summed E-state index contributed by atoms with van der Waals surface area (Å²) in [6.45, 7) is 0.591. The molecule has 1 amide bonds. The second-order valence-electron chi connectivity index (χ2n) is 7.33. The summed E-state index contributed by atoms with van der Waals surface area (Å²) in [6, 6.07) is 35.7. The van der Waals surface area contributed by atoms with Crippen molar-refractivity contribution in [3.63, 3.8) is 0 Å². The van der Waals surface area contributed by atoms with Gasteiger partial charge in [0.15, 0.2) is 0 Å². The molecule has 0 saturated heterocycles. The fraction of sp³-hybridized carbons (Fsp3) is 0.107. The fourth-order valence-electron chi connectivity index (χ4n) is 3.44. The average molecular weight is 408 g/mol. The lowest BCUT2D eigenvalue weighted by Gasteiger charge is -2.13. The van der Waals surface area contributed by atoms with Crippen molar-refractivity contribution < 1.29 is 9.53 Å². The van der Waals surface area contributed by atoms with Gasteiger partial charge in [-0.15, -0.1) is 0 Å². The van der Waals surface area contributed by atoms with Crippen LogP contribution in [0.25, 0.3) is 11.1 Å². The highest BCUT2D eigenvalue weighted by molar-refractivity contribution is 6.05. The molecule has 0 aliphatic heterocycles. The lowest BCUT2D eigenvalue weighted by atomic mass is 10.0. The van der Waals surface area contributed by atoms with E-state index in [9.17, 15) is 4.79 Å². The molecule has 31 heavy (non-hydrogen) atoms. The zero-order valence-corrected chi connectivity index (χ0v) is 17.3. The number of carbonyl (C=O) groups is 1. The third kappa shape index (κ3) is 5.61. The number of nitrogens with one attached hydrogen (secondary N) is 1. The van der Waals surface area contributed by atoms with Gasteiger partial charge in [0.1, 0.15) is 5.75 Å². The van der Waals surface area contributed by atoms with E-state index in [1.807, 2.05) is 84.9 Å². The van der Waals surface area contributed by atoms with Crippen molar-refractivity contribution in [2.45, 2.75) is 12.8 Å². The first-order valence-corrected chi connectivity index (χ1v) is 10.5.